The monoisotopic (exact) mass is 587 g/mol. The molecule has 0 spiro atoms. The second kappa shape index (κ2) is 9.70. The Labute approximate surface area is 192 Å². The molecule has 0 saturated carbocycles. The largest absolute Gasteiger partial charge is 0.496 e. The molecule has 0 aliphatic heterocycles. The van der Waals surface area contributed by atoms with Gasteiger partial charge in [0.15, 0.2) is 6.61 Å². The zero-order valence-corrected chi connectivity index (χ0v) is 18.8. The number of nitro benzene ring substituents is 1. The zero-order chi connectivity index (χ0) is 24.3. The van der Waals surface area contributed by atoms with Crippen molar-refractivity contribution in [2.75, 3.05) is 13.7 Å². The van der Waals surface area contributed by atoms with E-state index in [1.54, 1.807) is 6.07 Å². The van der Waals surface area contributed by atoms with Gasteiger partial charge in [0.05, 0.1) is 12.0 Å². The van der Waals surface area contributed by atoms with Crippen LogP contribution < -0.4 is 9.47 Å². The van der Waals surface area contributed by atoms with Crippen molar-refractivity contribution in [2.24, 2.45) is 0 Å². The third-order valence-electron chi connectivity index (χ3n) is 3.73. The lowest BCUT2D eigenvalue weighted by molar-refractivity contribution is -0.385. The molecular formula is C17H12F2INO10S. The number of halogens is 3. The van der Waals surface area contributed by atoms with Crippen LogP contribution in [0.4, 0.5) is 14.5 Å². The zero-order valence-electron chi connectivity index (χ0n) is 15.8. The average molecular weight is 587 g/mol. The van der Waals surface area contributed by atoms with Gasteiger partial charge in [-0.05, 0) is 46.9 Å². The van der Waals surface area contributed by atoms with Crippen molar-refractivity contribution < 1.29 is 50.5 Å². The first-order valence-corrected chi connectivity index (χ1v) is 10.6. The number of benzene rings is 2. The van der Waals surface area contributed by atoms with Crippen molar-refractivity contribution >= 4 is 50.3 Å². The van der Waals surface area contributed by atoms with E-state index in [9.17, 15) is 36.9 Å². The minimum absolute atomic E-state index is 0.0109. The first-order chi connectivity index (χ1) is 14.8. The van der Waals surface area contributed by atoms with Crippen molar-refractivity contribution in [1.29, 1.82) is 0 Å². The van der Waals surface area contributed by atoms with Crippen LogP contribution in [-0.2, 0) is 14.9 Å². The number of carbonyl (C=O) groups is 2. The van der Waals surface area contributed by atoms with Crippen LogP contribution in [0.1, 0.15) is 20.7 Å². The standard InChI is InChI=1S/C17H12F2INO10S/c1-29-14-6-9(20)2-4-11(14)16(23)31-10-3-5-13(21(24)25)12(7-10)15(22)30-8-17(18,19)32(26,27)28/h2-7H,8H2,1H3,(H,26,27,28). The summed E-state index contributed by atoms with van der Waals surface area (Å²) in [6.07, 6.45) is 0. The van der Waals surface area contributed by atoms with E-state index in [1.807, 2.05) is 22.6 Å². The molecule has 0 fully saturated rings. The molecule has 2 rings (SSSR count). The quantitative estimate of drug-likeness (QED) is 0.122. The van der Waals surface area contributed by atoms with Gasteiger partial charge in [-0.15, -0.1) is 0 Å². The lowest BCUT2D eigenvalue weighted by Gasteiger charge is -2.13. The molecule has 0 aliphatic carbocycles. The maximum absolute atomic E-state index is 13.3. The summed E-state index contributed by atoms with van der Waals surface area (Å²) in [7, 11) is -4.59. The van der Waals surface area contributed by atoms with E-state index in [2.05, 4.69) is 4.74 Å². The van der Waals surface area contributed by atoms with Gasteiger partial charge in [0, 0.05) is 15.7 Å². The average Bonchev–Trinajstić information content (AvgIpc) is 2.70. The van der Waals surface area contributed by atoms with E-state index in [1.165, 1.54) is 19.2 Å². The van der Waals surface area contributed by atoms with Gasteiger partial charge in [-0.3, -0.25) is 14.7 Å². The van der Waals surface area contributed by atoms with Crippen LogP contribution >= 0.6 is 22.6 Å². The molecule has 2 aromatic rings. The molecule has 0 unspecified atom stereocenters. The number of nitrogens with zero attached hydrogens (tertiary/aromatic N) is 1. The molecular weight excluding hydrogens is 575 g/mol. The number of hydrogen-bond donors (Lipinski definition) is 1. The second-order valence-corrected chi connectivity index (χ2v) is 8.65. The highest BCUT2D eigenvalue weighted by atomic mass is 127. The number of rotatable bonds is 8. The molecule has 0 aliphatic rings. The Morgan fingerprint density at radius 1 is 1.16 bits per heavy atom. The second-order valence-electron chi connectivity index (χ2n) is 5.86. The summed E-state index contributed by atoms with van der Waals surface area (Å²) in [5.74, 6) is -2.89. The molecule has 0 heterocycles. The number of carbonyl (C=O) groups excluding carboxylic acids is 2. The lowest BCUT2D eigenvalue weighted by atomic mass is 10.1. The van der Waals surface area contributed by atoms with Crippen LogP contribution in [-0.4, -0.2) is 48.8 Å². The predicted octanol–water partition coefficient (Wildman–Crippen LogP) is 3.06. The van der Waals surface area contributed by atoms with E-state index < -0.39 is 50.1 Å². The molecule has 11 nitrogen and oxygen atoms in total. The van der Waals surface area contributed by atoms with Gasteiger partial charge in [-0.25, -0.2) is 9.59 Å². The minimum Gasteiger partial charge on any atom is -0.496 e. The number of ether oxygens (including phenoxy) is 3. The van der Waals surface area contributed by atoms with E-state index in [0.717, 1.165) is 15.7 Å². The van der Waals surface area contributed by atoms with Gasteiger partial charge < -0.3 is 14.2 Å². The normalized spacial score (nSPS) is 11.5. The van der Waals surface area contributed by atoms with Crippen LogP contribution in [0.5, 0.6) is 11.5 Å². The third kappa shape index (κ3) is 5.86. The molecule has 0 bridgehead atoms. The highest BCUT2D eigenvalue weighted by Crippen LogP contribution is 2.28. The van der Waals surface area contributed by atoms with Gasteiger partial charge >= 0.3 is 27.3 Å². The Morgan fingerprint density at radius 2 is 1.81 bits per heavy atom. The Bertz CT molecular complexity index is 1190. The van der Waals surface area contributed by atoms with Crippen LogP contribution in [0, 0.1) is 13.7 Å². The maximum atomic E-state index is 13.3. The van der Waals surface area contributed by atoms with Crippen molar-refractivity contribution in [3.63, 3.8) is 0 Å². The third-order valence-corrected chi connectivity index (χ3v) is 5.27. The van der Waals surface area contributed by atoms with E-state index in [-0.39, 0.29) is 17.1 Å². The Kier molecular flexibility index (Phi) is 7.68. The first-order valence-electron chi connectivity index (χ1n) is 8.13. The molecule has 15 heteroatoms. The fraction of sp³-hybridized carbons (Fsp3) is 0.176. The predicted molar refractivity (Wildman–Crippen MR) is 111 cm³/mol. The van der Waals surface area contributed by atoms with Crippen molar-refractivity contribution in [3.05, 3.63) is 61.2 Å². The molecule has 1 N–H and O–H groups in total. The SMILES string of the molecule is COc1cc(I)ccc1C(=O)Oc1ccc([N+](=O)[O-])c(C(=O)OCC(F)(F)S(=O)(=O)O)c1. The lowest BCUT2D eigenvalue weighted by Crippen LogP contribution is -2.34. The molecule has 0 atom stereocenters. The van der Waals surface area contributed by atoms with Gasteiger partial charge in [-0.1, -0.05) is 0 Å². The van der Waals surface area contributed by atoms with Gasteiger partial charge in [0.1, 0.15) is 22.6 Å². The Morgan fingerprint density at radius 3 is 2.38 bits per heavy atom. The van der Waals surface area contributed by atoms with Crippen LogP contribution in [0.2, 0.25) is 0 Å². The van der Waals surface area contributed by atoms with E-state index >= 15 is 0 Å². The smallest absolute Gasteiger partial charge is 0.402 e. The summed E-state index contributed by atoms with van der Waals surface area (Å²) < 4.78 is 71.2. The van der Waals surface area contributed by atoms with Crippen LogP contribution in [0.25, 0.3) is 0 Å². The van der Waals surface area contributed by atoms with E-state index in [0.29, 0.717) is 6.07 Å². The minimum atomic E-state index is -5.90. The fourth-order valence-corrected chi connectivity index (χ4v) is 2.87. The molecule has 0 saturated heterocycles. The van der Waals surface area contributed by atoms with Crippen molar-refractivity contribution in [3.8, 4) is 11.5 Å². The summed E-state index contributed by atoms with van der Waals surface area (Å²) >= 11 is 1.98. The van der Waals surface area contributed by atoms with Gasteiger partial charge in [0.2, 0.25) is 0 Å². The highest BCUT2D eigenvalue weighted by Gasteiger charge is 2.46. The number of esters is 2. The Hall–Kier alpha value is -2.92. The summed E-state index contributed by atoms with van der Waals surface area (Å²) in [6, 6.07) is 6.91. The molecule has 0 radical (unpaired) electrons. The van der Waals surface area contributed by atoms with Gasteiger partial charge in [0.25, 0.3) is 5.69 Å². The first kappa shape index (κ1) is 25.3. The maximum Gasteiger partial charge on any atom is 0.402 e. The highest BCUT2D eigenvalue weighted by molar-refractivity contribution is 14.1. The summed E-state index contributed by atoms with van der Waals surface area (Å²) in [4.78, 5) is 34.6. The van der Waals surface area contributed by atoms with Crippen LogP contribution in [0.15, 0.2) is 36.4 Å². The topological polar surface area (TPSA) is 159 Å². The summed E-state index contributed by atoms with van der Waals surface area (Å²) in [6.45, 7) is -2.11. The van der Waals surface area contributed by atoms with Gasteiger partial charge in [-0.2, -0.15) is 17.2 Å². The summed E-state index contributed by atoms with van der Waals surface area (Å²) in [5, 5.41) is 6.30. The molecule has 0 aromatic heterocycles. The summed E-state index contributed by atoms with van der Waals surface area (Å²) in [5.41, 5.74) is -1.80. The number of alkyl halides is 2. The van der Waals surface area contributed by atoms with E-state index in [4.69, 9.17) is 14.0 Å². The molecule has 0 amide bonds. The molecule has 172 valence electrons. The number of hydrogen-bond acceptors (Lipinski definition) is 9. The molecule has 32 heavy (non-hydrogen) atoms. The number of methoxy groups -OCH3 is 1. The molecule has 2 aromatic carbocycles. The Balaban J connectivity index is 2.32. The number of nitro groups is 1. The van der Waals surface area contributed by atoms with Crippen LogP contribution in [0.3, 0.4) is 0 Å². The van der Waals surface area contributed by atoms with Crippen molar-refractivity contribution in [2.45, 2.75) is 5.25 Å². The fourth-order valence-electron chi connectivity index (χ4n) is 2.20. The van der Waals surface area contributed by atoms with Crippen molar-refractivity contribution in [1.82, 2.24) is 0 Å².